The molecule has 0 unspecified atom stereocenters. The molecule has 0 bridgehead atoms. The predicted octanol–water partition coefficient (Wildman–Crippen LogP) is 1.89. The second-order valence-electron chi connectivity index (χ2n) is 4.21. The molecule has 0 spiro atoms. The molecule has 0 aromatic heterocycles. The van der Waals surface area contributed by atoms with Gasteiger partial charge in [0.1, 0.15) is 5.69 Å². The highest BCUT2D eigenvalue weighted by Crippen LogP contribution is 2.27. The lowest BCUT2D eigenvalue weighted by Crippen LogP contribution is -2.35. The Labute approximate surface area is 105 Å². The van der Waals surface area contributed by atoms with Crippen molar-refractivity contribution in [2.75, 3.05) is 5.32 Å². The molecule has 1 amide bonds. The van der Waals surface area contributed by atoms with Crippen LogP contribution in [0.4, 0.5) is 11.4 Å². The average Bonchev–Trinajstić information content (AvgIpc) is 2.31. The standard InChI is InChI=1S/C12H17N3O3/c1-4-9(13)12(16)14-10-5-7(2)8(3)6-11(10)15(17)18/h5-6,9H,4,13H2,1-3H3,(H,14,16)/t9-/m1/s1. The van der Waals surface area contributed by atoms with Crippen molar-refractivity contribution < 1.29 is 9.72 Å². The summed E-state index contributed by atoms with van der Waals surface area (Å²) in [6.07, 6.45) is 0.477. The van der Waals surface area contributed by atoms with Crippen molar-refractivity contribution in [1.82, 2.24) is 0 Å². The summed E-state index contributed by atoms with van der Waals surface area (Å²) in [5.74, 6) is -0.413. The first-order valence-electron chi connectivity index (χ1n) is 5.68. The van der Waals surface area contributed by atoms with Crippen molar-refractivity contribution in [1.29, 1.82) is 0 Å². The van der Waals surface area contributed by atoms with Gasteiger partial charge in [-0.05, 0) is 37.5 Å². The highest BCUT2D eigenvalue weighted by molar-refractivity contribution is 5.96. The van der Waals surface area contributed by atoms with Gasteiger partial charge in [0.2, 0.25) is 5.91 Å². The Hall–Kier alpha value is -1.95. The highest BCUT2D eigenvalue weighted by Gasteiger charge is 2.19. The second kappa shape index (κ2) is 5.59. The fourth-order valence-electron chi connectivity index (χ4n) is 1.46. The van der Waals surface area contributed by atoms with Gasteiger partial charge in [-0.3, -0.25) is 14.9 Å². The van der Waals surface area contributed by atoms with Crippen LogP contribution in [0.3, 0.4) is 0 Å². The van der Waals surface area contributed by atoms with E-state index in [4.69, 9.17) is 5.73 Å². The fraction of sp³-hybridized carbons (Fsp3) is 0.417. The van der Waals surface area contributed by atoms with Gasteiger partial charge in [0.25, 0.3) is 5.69 Å². The number of nitro groups is 1. The van der Waals surface area contributed by atoms with E-state index in [0.717, 1.165) is 11.1 Å². The van der Waals surface area contributed by atoms with Crippen LogP contribution in [-0.4, -0.2) is 16.9 Å². The Morgan fingerprint density at radius 1 is 1.44 bits per heavy atom. The quantitative estimate of drug-likeness (QED) is 0.630. The van der Waals surface area contributed by atoms with Gasteiger partial charge in [-0.25, -0.2) is 0 Å². The van der Waals surface area contributed by atoms with E-state index in [1.165, 1.54) is 6.07 Å². The summed E-state index contributed by atoms with van der Waals surface area (Å²) in [5.41, 5.74) is 7.33. The molecule has 0 aliphatic heterocycles. The fourth-order valence-corrected chi connectivity index (χ4v) is 1.46. The van der Waals surface area contributed by atoms with E-state index in [1.807, 2.05) is 6.92 Å². The molecule has 0 aliphatic rings. The minimum Gasteiger partial charge on any atom is -0.320 e. The molecule has 0 fully saturated rings. The van der Waals surface area contributed by atoms with Gasteiger partial charge in [0.05, 0.1) is 11.0 Å². The third-order valence-electron chi connectivity index (χ3n) is 2.84. The summed E-state index contributed by atoms with van der Waals surface area (Å²) >= 11 is 0. The van der Waals surface area contributed by atoms with Crippen molar-refractivity contribution in [2.24, 2.45) is 5.73 Å². The Bertz CT molecular complexity index is 486. The second-order valence-corrected chi connectivity index (χ2v) is 4.21. The summed E-state index contributed by atoms with van der Waals surface area (Å²) < 4.78 is 0. The number of nitro benzene ring substituents is 1. The highest BCUT2D eigenvalue weighted by atomic mass is 16.6. The van der Waals surface area contributed by atoms with Crippen molar-refractivity contribution in [2.45, 2.75) is 33.2 Å². The van der Waals surface area contributed by atoms with E-state index in [2.05, 4.69) is 5.32 Å². The summed E-state index contributed by atoms with van der Waals surface area (Å²) in [5, 5.41) is 13.4. The van der Waals surface area contributed by atoms with Gasteiger partial charge >= 0.3 is 0 Å². The van der Waals surface area contributed by atoms with Crippen LogP contribution in [0.5, 0.6) is 0 Å². The van der Waals surface area contributed by atoms with Gasteiger partial charge in [-0.15, -0.1) is 0 Å². The largest absolute Gasteiger partial charge is 0.320 e. The molecule has 6 heteroatoms. The first-order valence-corrected chi connectivity index (χ1v) is 5.68. The van der Waals surface area contributed by atoms with Crippen LogP contribution in [0.25, 0.3) is 0 Å². The molecule has 0 radical (unpaired) electrons. The lowest BCUT2D eigenvalue weighted by molar-refractivity contribution is -0.384. The zero-order chi connectivity index (χ0) is 13.9. The number of aryl methyl sites for hydroxylation is 2. The SMILES string of the molecule is CC[C@@H](N)C(=O)Nc1cc(C)c(C)cc1[N+](=O)[O-]. The lowest BCUT2D eigenvalue weighted by atomic mass is 10.1. The van der Waals surface area contributed by atoms with E-state index in [-0.39, 0.29) is 11.4 Å². The molecule has 1 rings (SSSR count). The van der Waals surface area contributed by atoms with E-state index in [0.29, 0.717) is 6.42 Å². The molecule has 0 aliphatic carbocycles. The number of benzene rings is 1. The van der Waals surface area contributed by atoms with Crippen LogP contribution in [0.2, 0.25) is 0 Å². The van der Waals surface area contributed by atoms with E-state index in [1.54, 1.807) is 19.9 Å². The number of carbonyl (C=O) groups excluding carboxylic acids is 1. The maximum Gasteiger partial charge on any atom is 0.293 e. The number of rotatable bonds is 4. The van der Waals surface area contributed by atoms with Crippen molar-refractivity contribution >= 4 is 17.3 Å². The van der Waals surface area contributed by atoms with Gasteiger partial charge in [0.15, 0.2) is 0 Å². The lowest BCUT2D eigenvalue weighted by Gasteiger charge is -2.11. The van der Waals surface area contributed by atoms with Crippen LogP contribution < -0.4 is 11.1 Å². The van der Waals surface area contributed by atoms with Crippen LogP contribution in [0.15, 0.2) is 12.1 Å². The molecule has 0 saturated carbocycles. The van der Waals surface area contributed by atoms with Crippen LogP contribution in [0.1, 0.15) is 24.5 Å². The number of hydrogen-bond donors (Lipinski definition) is 2. The number of hydrogen-bond acceptors (Lipinski definition) is 4. The summed E-state index contributed by atoms with van der Waals surface area (Å²) in [6.45, 7) is 5.39. The molecule has 0 heterocycles. The minimum atomic E-state index is -0.661. The van der Waals surface area contributed by atoms with E-state index >= 15 is 0 Å². The topological polar surface area (TPSA) is 98.3 Å². The van der Waals surface area contributed by atoms with Crippen molar-refractivity contribution in [3.05, 3.63) is 33.4 Å². The number of nitrogens with zero attached hydrogens (tertiary/aromatic N) is 1. The van der Waals surface area contributed by atoms with E-state index in [9.17, 15) is 14.9 Å². The smallest absolute Gasteiger partial charge is 0.293 e. The van der Waals surface area contributed by atoms with Gasteiger partial charge < -0.3 is 11.1 Å². The number of carbonyl (C=O) groups is 1. The zero-order valence-electron chi connectivity index (χ0n) is 10.7. The normalized spacial score (nSPS) is 12.0. The number of nitrogens with one attached hydrogen (secondary N) is 1. The third-order valence-corrected chi connectivity index (χ3v) is 2.84. The molecule has 3 N–H and O–H groups in total. The maximum absolute atomic E-state index is 11.7. The molecular formula is C12H17N3O3. The van der Waals surface area contributed by atoms with Crippen molar-refractivity contribution in [3.8, 4) is 0 Å². The molecule has 18 heavy (non-hydrogen) atoms. The van der Waals surface area contributed by atoms with Gasteiger partial charge in [-0.2, -0.15) is 0 Å². The molecule has 98 valence electrons. The molecule has 1 aromatic rings. The average molecular weight is 251 g/mol. The monoisotopic (exact) mass is 251 g/mol. The first kappa shape index (κ1) is 14.1. The van der Waals surface area contributed by atoms with Crippen molar-refractivity contribution in [3.63, 3.8) is 0 Å². The van der Waals surface area contributed by atoms with Gasteiger partial charge in [-0.1, -0.05) is 6.92 Å². The zero-order valence-corrected chi connectivity index (χ0v) is 10.7. The Kier molecular flexibility index (Phi) is 4.38. The minimum absolute atomic E-state index is 0.116. The molecule has 1 aromatic carbocycles. The molecule has 1 atom stereocenters. The maximum atomic E-state index is 11.7. The Balaban J connectivity index is 3.11. The first-order chi connectivity index (χ1) is 8.36. The van der Waals surface area contributed by atoms with Crippen LogP contribution >= 0.6 is 0 Å². The molecule has 6 nitrogen and oxygen atoms in total. The Morgan fingerprint density at radius 3 is 2.50 bits per heavy atom. The van der Waals surface area contributed by atoms with Crippen LogP contribution in [-0.2, 0) is 4.79 Å². The van der Waals surface area contributed by atoms with Crippen LogP contribution in [0, 0.1) is 24.0 Å². The number of amides is 1. The molecular weight excluding hydrogens is 234 g/mol. The molecule has 0 saturated heterocycles. The number of nitrogens with two attached hydrogens (primary N) is 1. The third kappa shape index (κ3) is 3.04. The summed E-state index contributed by atoms with van der Waals surface area (Å²) in [4.78, 5) is 22.1. The Morgan fingerprint density at radius 2 is 2.00 bits per heavy atom. The summed E-state index contributed by atoms with van der Waals surface area (Å²) in [6, 6.07) is 2.38. The summed E-state index contributed by atoms with van der Waals surface area (Å²) in [7, 11) is 0. The predicted molar refractivity (Wildman–Crippen MR) is 69.5 cm³/mol. The number of anilines is 1. The van der Waals surface area contributed by atoms with Gasteiger partial charge in [0, 0.05) is 6.07 Å². The van der Waals surface area contributed by atoms with E-state index < -0.39 is 16.9 Å².